The van der Waals surface area contributed by atoms with Gasteiger partial charge in [-0.1, -0.05) is 30.3 Å². The number of aromatic amines is 1. The molecular formula is C22H17F3N4O4. The Morgan fingerprint density at radius 1 is 1.06 bits per heavy atom. The summed E-state index contributed by atoms with van der Waals surface area (Å²) in [6.07, 6.45) is -3.59. The van der Waals surface area contributed by atoms with E-state index >= 15 is 0 Å². The van der Waals surface area contributed by atoms with Gasteiger partial charge in [0.25, 0.3) is 5.91 Å². The fraction of sp³-hybridized carbons (Fsp3) is 0.182. The first kappa shape index (κ1) is 22.1. The summed E-state index contributed by atoms with van der Waals surface area (Å²) in [4.78, 5) is 52.5. The Morgan fingerprint density at radius 3 is 2.39 bits per heavy atom. The molecule has 0 radical (unpaired) electrons. The van der Waals surface area contributed by atoms with Gasteiger partial charge >= 0.3 is 6.18 Å². The molecule has 4 N–H and O–H groups in total. The standard InChI is InChI=1S/C22H17F3N4O4/c23-22(24,25)12-6-7-13-15(8-12)26-9-14(18(13)30)19(31)29-17(11-4-2-1-3-5-11)21(33)28-16-10-27-20(16)32/h1-9,16-17H,10H2,(H,26,30)(H,27,32)(H,28,33)(H,29,31)/t16?,17-/m1/s1. The quantitative estimate of drug-likeness (QED) is 0.435. The van der Waals surface area contributed by atoms with Crippen LogP contribution in [0.15, 0.2) is 59.5 Å². The summed E-state index contributed by atoms with van der Waals surface area (Å²) in [6.45, 7) is 0.254. The van der Waals surface area contributed by atoms with E-state index in [1.165, 1.54) is 0 Å². The molecule has 0 aliphatic carbocycles. The van der Waals surface area contributed by atoms with Gasteiger partial charge in [0.2, 0.25) is 17.2 Å². The second-order valence-corrected chi connectivity index (χ2v) is 7.41. The molecule has 1 aromatic heterocycles. The average molecular weight is 458 g/mol. The number of aromatic nitrogens is 1. The number of hydrogen-bond acceptors (Lipinski definition) is 4. The molecule has 3 aromatic rings. The van der Waals surface area contributed by atoms with Gasteiger partial charge in [-0.2, -0.15) is 13.2 Å². The predicted octanol–water partition coefficient (Wildman–Crippen LogP) is 1.63. The number of nitrogens with one attached hydrogen (secondary N) is 4. The molecule has 33 heavy (non-hydrogen) atoms. The van der Waals surface area contributed by atoms with Crippen LogP contribution in [-0.2, 0) is 15.8 Å². The molecule has 0 bridgehead atoms. The maximum absolute atomic E-state index is 12.9. The first-order valence-electron chi connectivity index (χ1n) is 9.81. The maximum Gasteiger partial charge on any atom is 0.416 e. The Labute approximate surface area is 184 Å². The van der Waals surface area contributed by atoms with Crippen LogP contribution in [0.1, 0.15) is 27.5 Å². The van der Waals surface area contributed by atoms with Gasteiger partial charge in [0.15, 0.2) is 0 Å². The zero-order chi connectivity index (χ0) is 23.8. The van der Waals surface area contributed by atoms with Gasteiger partial charge in [-0.05, 0) is 23.8 Å². The van der Waals surface area contributed by atoms with Crippen molar-refractivity contribution in [3.63, 3.8) is 0 Å². The molecule has 2 heterocycles. The molecule has 4 rings (SSSR count). The summed E-state index contributed by atoms with van der Waals surface area (Å²) in [5, 5.41) is 7.39. The number of hydrogen-bond donors (Lipinski definition) is 4. The fourth-order valence-corrected chi connectivity index (χ4v) is 3.38. The van der Waals surface area contributed by atoms with E-state index in [-0.39, 0.29) is 28.9 Å². The predicted molar refractivity (Wildman–Crippen MR) is 111 cm³/mol. The lowest BCUT2D eigenvalue weighted by Gasteiger charge is -2.29. The number of fused-ring (bicyclic) bond motifs is 1. The van der Waals surface area contributed by atoms with Crippen LogP contribution in [0.2, 0.25) is 0 Å². The third kappa shape index (κ3) is 4.43. The summed E-state index contributed by atoms with van der Waals surface area (Å²) in [5.74, 6) is -1.91. The molecule has 0 spiro atoms. The minimum atomic E-state index is -4.59. The highest BCUT2D eigenvalue weighted by molar-refractivity contribution is 6.01. The fourth-order valence-electron chi connectivity index (χ4n) is 3.38. The lowest BCUT2D eigenvalue weighted by Crippen LogP contribution is -2.63. The van der Waals surface area contributed by atoms with Crippen molar-refractivity contribution < 1.29 is 27.6 Å². The van der Waals surface area contributed by atoms with Crippen molar-refractivity contribution in [1.82, 2.24) is 20.9 Å². The van der Waals surface area contributed by atoms with Crippen molar-refractivity contribution in [2.45, 2.75) is 18.3 Å². The smallest absolute Gasteiger partial charge is 0.360 e. The Kier molecular flexibility index (Phi) is 5.62. The van der Waals surface area contributed by atoms with Gasteiger partial charge in [-0.3, -0.25) is 19.2 Å². The second-order valence-electron chi connectivity index (χ2n) is 7.41. The van der Waals surface area contributed by atoms with Crippen molar-refractivity contribution in [1.29, 1.82) is 0 Å². The summed E-state index contributed by atoms with van der Waals surface area (Å²) in [6, 6.07) is 8.78. The third-order valence-corrected chi connectivity index (χ3v) is 5.24. The van der Waals surface area contributed by atoms with Gasteiger partial charge in [0.1, 0.15) is 17.6 Å². The third-order valence-electron chi connectivity index (χ3n) is 5.24. The Balaban J connectivity index is 1.63. The van der Waals surface area contributed by atoms with Crippen LogP contribution in [0.5, 0.6) is 0 Å². The number of carbonyl (C=O) groups is 3. The number of carbonyl (C=O) groups excluding carboxylic acids is 3. The number of alkyl halides is 3. The van der Waals surface area contributed by atoms with Crippen LogP contribution in [0.4, 0.5) is 13.2 Å². The number of H-pyrrole nitrogens is 1. The SMILES string of the molecule is O=C(N[C@@H](C(=O)NC1CNC1=O)c1ccccc1)c1c[nH]c2cc(C(F)(F)F)ccc2c1=O. The molecule has 2 aromatic carbocycles. The van der Waals surface area contributed by atoms with E-state index < -0.39 is 41.1 Å². The van der Waals surface area contributed by atoms with Gasteiger partial charge in [0.05, 0.1) is 5.56 Å². The van der Waals surface area contributed by atoms with E-state index in [0.717, 1.165) is 24.4 Å². The monoisotopic (exact) mass is 458 g/mol. The minimum Gasteiger partial charge on any atom is -0.360 e. The average Bonchev–Trinajstić information content (AvgIpc) is 2.79. The summed E-state index contributed by atoms with van der Waals surface area (Å²) in [5.41, 5.74) is -1.78. The first-order valence-corrected chi connectivity index (χ1v) is 9.81. The van der Waals surface area contributed by atoms with Crippen LogP contribution < -0.4 is 21.4 Å². The molecule has 1 unspecified atom stereocenters. The maximum atomic E-state index is 12.9. The Morgan fingerprint density at radius 2 is 1.79 bits per heavy atom. The molecule has 11 heteroatoms. The van der Waals surface area contributed by atoms with Crippen LogP contribution in [0.3, 0.4) is 0 Å². The highest BCUT2D eigenvalue weighted by Crippen LogP contribution is 2.30. The van der Waals surface area contributed by atoms with E-state index in [4.69, 9.17) is 0 Å². The number of halogens is 3. The normalized spacial score (nSPS) is 16.5. The molecule has 2 atom stereocenters. The molecule has 1 aliphatic rings. The van der Waals surface area contributed by atoms with Crippen molar-refractivity contribution in [3.05, 3.63) is 81.6 Å². The second kappa shape index (κ2) is 8.41. The van der Waals surface area contributed by atoms with Gasteiger partial charge in [-0.25, -0.2) is 0 Å². The number of β-lactam (4-membered cyclic amide) rings is 1. The van der Waals surface area contributed by atoms with Crippen molar-refractivity contribution in [2.75, 3.05) is 6.54 Å². The lowest BCUT2D eigenvalue weighted by atomic mass is 10.0. The molecular weight excluding hydrogens is 441 g/mol. The van der Waals surface area contributed by atoms with Crippen molar-refractivity contribution in [2.24, 2.45) is 0 Å². The molecule has 1 aliphatic heterocycles. The van der Waals surface area contributed by atoms with Crippen LogP contribution in [-0.4, -0.2) is 35.3 Å². The van der Waals surface area contributed by atoms with E-state index in [1.807, 2.05) is 0 Å². The molecule has 1 saturated heterocycles. The highest BCUT2D eigenvalue weighted by atomic mass is 19.4. The number of amides is 3. The molecule has 3 amide bonds. The van der Waals surface area contributed by atoms with Crippen LogP contribution in [0, 0.1) is 0 Å². The summed E-state index contributed by atoms with van der Waals surface area (Å²) in [7, 11) is 0. The number of rotatable bonds is 5. The number of benzene rings is 2. The van der Waals surface area contributed by atoms with Crippen molar-refractivity contribution in [3.8, 4) is 0 Å². The Bertz CT molecular complexity index is 1300. The lowest BCUT2D eigenvalue weighted by molar-refractivity contribution is -0.137. The largest absolute Gasteiger partial charge is 0.416 e. The summed E-state index contributed by atoms with van der Waals surface area (Å²) < 4.78 is 38.8. The molecule has 8 nitrogen and oxygen atoms in total. The van der Waals surface area contributed by atoms with Crippen molar-refractivity contribution >= 4 is 28.6 Å². The first-order chi connectivity index (χ1) is 15.6. The van der Waals surface area contributed by atoms with E-state index in [0.29, 0.717) is 5.56 Å². The van der Waals surface area contributed by atoms with E-state index in [1.54, 1.807) is 30.3 Å². The minimum absolute atomic E-state index is 0.0836. The van der Waals surface area contributed by atoms with E-state index in [9.17, 15) is 32.3 Å². The zero-order valence-electron chi connectivity index (χ0n) is 16.8. The molecule has 0 saturated carbocycles. The van der Waals surface area contributed by atoms with E-state index in [2.05, 4.69) is 20.9 Å². The Hall–Kier alpha value is -4.15. The summed E-state index contributed by atoms with van der Waals surface area (Å²) >= 11 is 0. The molecule has 170 valence electrons. The van der Waals surface area contributed by atoms with Gasteiger partial charge in [-0.15, -0.1) is 0 Å². The van der Waals surface area contributed by atoms with Crippen LogP contribution >= 0.6 is 0 Å². The van der Waals surface area contributed by atoms with Crippen LogP contribution in [0.25, 0.3) is 10.9 Å². The number of pyridine rings is 1. The molecule has 1 fully saturated rings. The highest BCUT2D eigenvalue weighted by Gasteiger charge is 2.33. The van der Waals surface area contributed by atoms with Gasteiger partial charge in [0, 0.05) is 23.6 Å². The topological polar surface area (TPSA) is 120 Å². The van der Waals surface area contributed by atoms with Gasteiger partial charge < -0.3 is 20.9 Å². The zero-order valence-corrected chi connectivity index (χ0v) is 16.8.